The van der Waals surface area contributed by atoms with E-state index in [0.29, 0.717) is 5.75 Å². The van der Waals surface area contributed by atoms with E-state index < -0.39 is 0 Å². The first-order valence-electron chi connectivity index (χ1n) is 2.36. The molecule has 0 aromatic rings. The summed E-state index contributed by atoms with van der Waals surface area (Å²) in [4.78, 5) is 18.8. The molecule has 0 aliphatic rings. The number of carbonyl (C=O) groups excluding carboxylic acids is 2. The molecular weight excluding hydrogens is 136 g/mol. The maximum atomic E-state index is 9.69. The minimum atomic E-state index is 0.0185. The van der Waals surface area contributed by atoms with E-state index in [1.165, 1.54) is 13.0 Å². The first-order chi connectivity index (χ1) is 4.18. The molecule has 0 saturated carbocycles. The molecule has 0 atom stereocenters. The highest BCUT2D eigenvalue weighted by atomic mass is 32.1. The second-order valence-corrected chi connectivity index (χ2v) is 1.53. The predicted molar refractivity (Wildman–Crippen MR) is 40.8 cm³/mol. The zero-order valence-corrected chi connectivity index (χ0v) is 6.23. The van der Waals surface area contributed by atoms with Gasteiger partial charge in [-0.3, -0.25) is 4.79 Å². The van der Waals surface area contributed by atoms with Crippen LogP contribution in [-0.2, 0) is 9.59 Å². The Morgan fingerprint density at radius 2 is 2.00 bits per heavy atom. The summed E-state index contributed by atoms with van der Waals surface area (Å²) in [5, 5.41) is 0. The number of aldehydes is 1. The third-order valence-electron chi connectivity index (χ3n) is 0.362. The lowest BCUT2D eigenvalue weighted by Crippen LogP contribution is -1.74. The normalized spacial score (nSPS) is 6.44. The summed E-state index contributed by atoms with van der Waals surface area (Å²) < 4.78 is 0. The molecule has 0 spiro atoms. The van der Waals surface area contributed by atoms with E-state index in [1.807, 2.05) is 0 Å². The lowest BCUT2D eigenvalue weighted by atomic mass is 10.5. The van der Waals surface area contributed by atoms with Gasteiger partial charge in [0, 0.05) is 5.75 Å². The molecule has 0 rings (SSSR count). The molecule has 0 aromatic carbocycles. The van der Waals surface area contributed by atoms with Crippen molar-refractivity contribution in [1.82, 2.24) is 0 Å². The van der Waals surface area contributed by atoms with Crippen molar-refractivity contribution in [2.24, 2.45) is 0 Å². The van der Waals surface area contributed by atoms with Crippen LogP contribution in [0.4, 0.5) is 0 Å². The van der Waals surface area contributed by atoms with Gasteiger partial charge in [-0.15, -0.1) is 0 Å². The summed E-state index contributed by atoms with van der Waals surface area (Å²) in [5.41, 5.74) is 0. The van der Waals surface area contributed by atoms with E-state index in [2.05, 4.69) is 19.2 Å². The number of allylic oxidation sites excluding steroid dienone is 1. The van der Waals surface area contributed by atoms with E-state index in [4.69, 9.17) is 4.79 Å². The zero-order chi connectivity index (χ0) is 7.70. The van der Waals surface area contributed by atoms with Gasteiger partial charge >= 0.3 is 0 Å². The maximum Gasteiger partial charge on any atom is 0.152 e. The molecule has 9 heavy (non-hydrogen) atoms. The van der Waals surface area contributed by atoms with Gasteiger partial charge in [0.1, 0.15) is 6.29 Å². The highest BCUT2D eigenvalue weighted by Gasteiger charge is 1.69. The average Bonchev–Trinajstić information content (AvgIpc) is 1.89. The van der Waals surface area contributed by atoms with Crippen LogP contribution >= 0.6 is 12.6 Å². The Morgan fingerprint density at radius 1 is 1.78 bits per heavy atom. The number of hydrogen-bond acceptors (Lipinski definition) is 3. The highest BCUT2D eigenvalue weighted by molar-refractivity contribution is 7.80. The van der Waals surface area contributed by atoms with Crippen molar-refractivity contribution in [2.45, 2.75) is 6.92 Å². The molecule has 0 N–H and O–H groups in total. The third kappa shape index (κ3) is 37.1. The molecule has 0 fully saturated rings. The quantitative estimate of drug-likeness (QED) is 0.356. The van der Waals surface area contributed by atoms with Crippen molar-refractivity contribution in [3.05, 3.63) is 12.7 Å². The van der Waals surface area contributed by atoms with Crippen molar-refractivity contribution >= 4 is 24.7 Å². The van der Waals surface area contributed by atoms with Gasteiger partial charge in [-0.25, -0.2) is 0 Å². The molecule has 0 aliphatic carbocycles. The second-order valence-electron chi connectivity index (χ2n) is 1.16. The van der Waals surface area contributed by atoms with E-state index >= 15 is 0 Å². The Labute approximate surface area is 60.4 Å². The van der Waals surface area contributed by atoms with Crippen LogP contribution in [0.5, 0.6) is 0 Å². The summed E-state index contributed by atoms with van der Waals surface area (Å²) in [7, 11) is 0. The van der Waals surface area contributed by atoms with Gasteiger partial charge in [0.2, 0.25) is 0 Å². The molecule has 0 radical (unpaired) electrons. The molecule has 0 unspecified atom stereocenters. The Kier molecular flexibility index (Phi) is 13.0. The average molecular weight is 146 g/mol. The smallest absolute Gasteiger partial charge is 0.152 e. The maximum absolute atomic E-state index is 9.69. The zero-order valence-electron chi connectivity index (χ0n) is 5.33. The van der Waals surface area contributed by atoms with Gasteiger partial charge in [-0.05, 0) is 13.0 Å². The molecule has 0 bridgehead atoms. The number of thiol groups is 1. The molecule has 2 nitrogen and oxygen atoms in total. The van der Waals surface area contributed by atoms with Crippen molar-refractivity contribution < 1.29 is 9.59 Å². The summed E-state index contributed by atoms with van der Waals surface area (Å²) in [6, 6.07) is 0. The summed E-state index contributed by atoms with van der Waals surface area (Å²) in [5.74, 6) is 0.352. The largest absolute Gasteiger partial charge is 0.302 e. The topological polar surface area (TPSA) is 34.1 Å². The van der Waals surface area contributed by atoms with Crippen molar-refractivity contribution in [1.29, 1.82) is 0 Å². The molecular formula is C6H10O2S. The third-order valence-corrected chi connectivity index (χ3v) is 0.511. The van der Waals surface area contributed by atoms with Crippen LogP contribution in [0.2, 0.25) is 0 Å². The van der Waals surface area contributed by atoms with Crippen LogP contribution in [0.3, 0.4) is 0 Å². The van der Waals surface area contributed by atoms with Crippen LogP contribution in [0, 0.1) is 0 Å². The summed E-state index contributed by atoms with van der Waals surface area (Å²) in [6.07, 6.45) is 2.02. The van der Waals surface area contributed by atoms with Gasteiger partial charge in [0.05, 0.1) is 0 Å². The monoisotopic (exact) mass is 146 g/mol. The molecule has 0 saturated heterocycles. The Hall–Kier alpha value is -0.570. The van der Waals surface area contributed by atoms with Crippen LogP contribution in [-0.4, -0.2) is 17.8 Å². The fourth-order valence-corrected chi connectivity index (χ4v) is 0. The highest BCUT2D eigenvalue weighted by Crippen LogP contribution is 1.60. The van der Waals surface area contributed by atoms with E-state index in [-0.39, 0.29) is 5.78 Å². The van der Waals surface area contributed by atoms with Crippen LogP contribution in [0.15, 0.2) is 12.7 Å². The van der Waals surface area contributed by atoms with Gasteiger partial charge < -0.3 is 4.79 Å². The van der Waals surface area contributed by atoms with E-state index in [9.17, 15) is 4.79 Å². The lowest BCUT2D eigenvalue weighted by Gasteiger charge is -1.62. The van der Waals surface area contributed by atoms with Crippen molar-refractivity contribution in [3.63, 3.8) is 0 Å². The van der Waals surface area contributed by atoms with Crippen molar-refractivity contribution in [2.75, 3.05) is 5.75 Å². The molecule has 3 heteroatoms. The van der Waals surface area contributed by atoms with Gasteiger partial charge in [-0.2, -0.15) is 12.6 Å². The Morgan fingerprint density at radius 3 is 2.00 bits per heavy atom. The predicted octanol–water partition coefficient (Wildman–Crippen LogP) is 0.876. The Bertz CT molecular complexity index is 99.2. The van der Waals surface area contributed by atoms with E-state index in [0.717, 1.165) is 6.29 Å². The second kappa shape index (κ2) is 10.4. The number of carbonyl (C=O) groups is 2. The van der Waals surface area contributed by atoms with Crippen LogP contribution in [0.1, 0.15) is 6.92 Å². The molecule has 0 aromatic heterocycles. The number of hydrogen-bond donors (Lipinski definition) is 1. The van der Waals surface area contributed by atoms with Crippen LogP contribution < -0.4 is 0 Å². The first kappa shape index (κ1) is 11.3. The Balaban J connectivity index is 0. The minimum absolute atomic E-state index is 0.0185. The summed E-state index contributed by atoms with van der Waals surface area (Å²) in [6.45, 7) is 4.68. The molecule has 0 heterocycles. The van der Waals surface area contributed by atoms with Gasteiger partial charge in [0.25, 0.3) is 0 Å². The fraction of sp³-hybridized carbons (Fsp3) is 0.333. The lowest BCUT2D eigenvalue weighted by molar-refractivity contribution is -0.112. The molecule has 0 amide bonds. The van der Waals surface area contributed by atoms with Crippen LogP contribution in [0.25, 0.3) is 0 Å². The minimum Gasteiger partial charge on any atom is -0.302 e. The SMILES string of the molecule is C=CC(C)=O.O=CCS. The first-order valence-corrected chi connectivity index (χ1v) is 2.99. The van der Waals surface area contributed by atoms with E-state index in [1.54, 1.807) is 0 Å². The fourth-order valence-electron chi connectivity index (χ4n) is 0. The number of rotatable bonds is 2. The number of ketones is 1. The van der Waals surface area contributed by atoms with Gasteiger partial charge in [-0.1, -0.05) is 6.58 Å². The van der Waals surface area contributed by atoms with Gasteiger partial charge in [0.15, 0.2) is 5.78 Å². The summed E-state index contributed by atoms with van der Waals surface area (Å²) >= 11 is 3.55. The molecule has 0 aliphatic heterocycles. The standard InChI is InChI=1S/C4H6O.C2H4OS/c1-3-4(2)5;3-1-2-4/h3H,1H2,2H3;1,4H,2H2. The molecule has 52 valence electrons. The van der Waals surface area contributed by atoms with Crippen molar-refractivity contribution in [3.8, 4) is 0 Å².